The molecule has 2 aromatic rings. The van der Waals surface area contributed by atoms with Gasteiger partial charge in [0.05, 0.1) is 5.69 Å². The Kier molecular flexibility index (Phi) is 4.25. The van der Waals surface area contributed by atoms with Crippen LogP contribution in [0.25, 0.3) is 0 Å². The third-order valence-corrected chi connectivity index (χ3v) is 3.77. The van der Waals surface area contributed by atoms with Crippen molar-refractivity contribution in [2.24, 2.45) is 0 Å². The Hall–Kier alpha value is -1.06. The van der Waals surface area contributed by atoms with E-state index < -0.39 is 0 Å². The highest BCUT2D eigenvalue weighted by Crippen LogP contribution is 2.29. The second-order valence-corrected chi connectivity index (χ2v) is 5.20. The number of nitrogens with one attached hydrogen (secondary N) is 1. The summed E-state index contributed by atoms with van der Waals surface area (Å²) >= 11 is 9.57. The van der Waals surface area contributed by atoms with Crippen LogP contribution >= 0.6 is 27.5 Å². The lowest BCUT2D eigenvalue weighted by atomic mass is 10.0. The molecule has 0 saturated heterocycles. The molecule has 0 saturated carbocycles. The molecule has 0 fully saturated rings. The van der Waals surface area contributed by atoms with Gasteiger partial charge >= 0.3 is 0 Å². The minimum atomic E-state index is -0.268. The lowest BCUT2D eigenvalue weighted by Crippen LogP contribution is -1.98. The topological polar surface area (TPSA) is 12.0 Å². The first kappa shape index (κ1) is 13.4. The summed E-state index contributed by atoms with van der Waals surface area (Å²) in [7, 11) is 1.86. The number of rotatable bonds is 3. The summed E-state index contributed by atoms with van der Waals surface area (Å²) in [4.78, 5) is 0. The number of hydrogen-bond acceptors (Lipinski definition) is 1. The van der Waals surface area contributed by atoms with E-state index in [0.29, 0.717) is 11.4 Å². The quantitative estimate of drug-likeness (QED) is 0.847. The van der Waals surface area contributed by atoms with Crippen LogP contribution in [0, 0.1) is 5.82 Å². The highest BCUT2D eigenvalue weighted by molar-refractivity contribution is 9.10. The fourth-order valence-corrected chi connectivity index (χ4v) is 2.67. The van der Waals surface area contributed by atoms with Gasteiger partial charge in [0.25, 0.3) is 0 Å². The van der Waals surface area contributed by atoms with Crippen LogP contribution in [0.2, 0.25) is 5.02 Å². The molecule has 0 radical (unpaired) electrons. The van der Waals surface area contributed by atoms with Gasteiger partial charge in [0.15, 0.2) is 0 Å². The van der Waals surface area contributed by atoms with Crippen molar-refractivity contribution >= 4 is 33.2 Å². The molecule has 0 amide bonds. The Morgan fingerprint density at radius 2 is 2.00 bits per heavy atom. The van der Waals surface area contributed by atoms with Crippen LogP contribution in [-0.2, 0) is 6.42 Å². The van der Waals surface area contributed by atoms with E-state index in [1.807, 2.05) is 25.2 Å². The van der Waals surface area contributed by atoms with Crippen LogP contribution in [0.5, 0.6) is 0 Å². The van der Waals surface area contributed by atoms with Gasteiger partial charge in [-0.1, -0.05) is 23.7 Å². The van der Waals surface area contributed by atoms with E-state index in [1.165, 1.54) is 12.1 Å². The van der Waals surface area contributed by atoms with E-state index >= 15 is 0 Å². The minimum absolute atomic E-state index is 0.268. The largest absolute Gasteiger partial charge is 0.387 e. The van der Waals surface area contributed by atoms with E-state index in [9.17, 15) is 4.39 Å². The van der Waals surface area contributed by atoms with E-state index in [-0.39, 0.29) is 5.82 Å². The molecule has 2 rings (SSSR count). The monoisotopic (exact) mass is 327 g/mol. The van der Waals surface area contributed by atoms with Gasteiger partial charge in [-0.2, -0.15) is 0 Å². The van der Waals surface area contributed by atoms with Gasteiger partial charge in [-0.25, -0.2) is 4.39 Å². The minimum Gasteiger partial charge on any atom is -0.387 e. The standard InChI is InChI=1S/C14H12BrClFN/c1-18-14-9(3-2-4-12(14)15)7-10-8-11(17)5-6-13(10)16/h2-6,8,18H,7H2,1H3. The van der Waals surface area contributed by atoms with E-state index in [1.54, 1.807) is 6.07 Å². The van der Waals surface area contributed by atoms with Gasteiger partial charge in [0, 0.05) is 23.0 Å². The van der Waals surface area contributed by atoms with Gasteiger partial charge in [0.1, 0.15) is 5.82 Å². The number of para-hydroxylation sites is 1. The molecule has 1 N–H and O–H groups in total. The van der Waals surface area contributed by atoms with Gasteiger partial charge in [-0.05, 0) is 51.3 Å². The molecule has 0 atom stereocenters. The first-order valence-electron chi connectivity index (χ1n) is 5.51. The molecule has 0 aromatic heterocycles. The van der Waals surface area contributed by atoms with Gasteiger partial charge in [0.2, 0.25) is 0 Å². The summed E-state index contributed by atoms with van der Waals surface area (Å²) in [5.41, 5.74) is 2.85. The van der Waals surface area contributed by atoms with E-state index in [4.69, 9.17) is 11.6 Å². The van der Waals surface area contributed by atoms with Crippen LogP contribution in [0.3, 0.4) is 0 Å². The van der Waals surface area contributed by atoms with Crippen LogP contribution in [-0.4, -0.2) is 7.05 Å². The fourth-order valence-electron chi connectivity index (χ4n) is 1.88. The third kappa shape index (κ3) is 2.85. The number of halogens is 3. The highest BCUT2D eigenvalue weighted by atomic mass is 79.9. The van der Waals surface area contributed by atoms with Crippen molar-refractivity contribution in [2.45, 2.75) is 6.42 Å². The average Bonchev–Trinajstić information content (AvgIpc) is 2.34. The zero-order valence-corrected chi connectivity index (χ0v) is 12.1. The first-order valence-corrected chi connectivity index (χ1v) is 6.68. The van der Waals surface area contributed by atoms with Gasteiger partial charge < -0.3 is 5.32 Å². The van der Waals surface area contributed by atoms with Crippen molar-refractivity contribution in [3.8, 4) is 0 Å². The van der Waals surface area contributed by atoms with Crippen molar-refractivity contribution in [3.05, 3.63) is 62.8 Å². The molecule has 94 valence electrons. The predicted molar refractivity (Wildman–Crippen MR) is 77.9 cm³/mol. The van der Waals surface area contributed by atoms with Crippen molar-refractivity contribution in [1.82, 2.24) is 0 Å². The third-order valence-electron chi connectivity index (χ3n) is 2.74. The van der Waals surface area contributed by atoms with Crippen molar-refractivity contribution in [2.75, 3.05) is 12.4 Å². The smallest absolute Gasteiger partial charge is 0.123 e. The summed E-state index contributed by atoms with van der Waals surface area (Å²) in [5, 5.41) is 3.72. The Bertz CT molecular complexity index is 572. The molecule has 18 heavy (non-hydrogen) atoms. The Labute approximate surface area is 119 Å². The molecule has 0 aliphatic rings. The molecule has 0 heterocycles. The number of anilines is 1. The summed E-state index contributed by atoms with van der Waals surface area (Å²) in [6.07, 6.45) is 0.589. The van der Waals surface area contributed by atoms with Crippen molar-refractivity contribution in [1.29, 1.82) is 0 Å². The lowest BCUT2D eigenvalue weighted by molar-refractivity contribution is 0.626. The maximum atomic E-state index is 13.2. The summed E-state index contributed by atoms with van der Waals surface area (Å²) in [5.74, 6) is -0.268. The summed E-state index contributed by atoms with van der Waals surface area (Å²) in [6.45, 7) is 0. The normalized spacial score (nSPS) is 10.4. The maximum absolute atomic E-state index is 13.2. The Morgan fingerprint density at radius 1 is 1.22 bits per heavy atom. The van der Waals surface area contributed by atoms with E-state index in [0.717, 1.165) is 21.3 Å². The summed E-state index contributed by atoms with van der Waals surface area (Å²) < 4.78 is 14.2. The number of benzene rings is 2. The van der Waals surface area contributed by atoms with Crippen LogP contribution < -0.4 is 5.32 Å². The molecule has 0 bridgehead atoms. The van der Waals surface area contributed by atoms with Gasteiger partial charge in [-0.3, -0.25) is 0 Å². The molecule has 0 unspecified atom stereocenters. The highest BCUT2D eigenvalue weighted by Gasteiger charge is 2.08. The van der Waals surface area contributed by atoms with Crippen molar-refractivity contribution < 1.29 is 4.39 Å². The van der Waals surface area contributed by atoms with Crippen molar-refractivity contribution in [3.63, 3.8) is 0 Å². The molecule has 4 heteroatoms. The maximum Gasteiger partial charge on any atom is 0.123 e. The zero-order chi connectivity index (χ0) is 13.1. The molecular weight excluding hydrogens is 317 g/mol. The predicted octanol–water partition coefficient (Wildman–Crippen LogP) is 4.87. The second-order valence-electron chi connectivity index (χ2n) is 3.94. The SMILES string of the molecule is CNc1c(Br)cccc1Cc1cc(F)ccc1Cl. The lowest BCUT2D eigenvalue weighted by Gasteiger charge is -2.12. The molecule has 0 spiro atoms. The second kappa shape index (κ2) is 5.72. The first-order chi connectivity index (χ1) is 8.61. The summed E-state index contributed by atoms with van der Waals surface area (Å²) in [6, 6.07) is 10.3. The Balaban J connectivity index is 2.40. The van der Waals surface area contributed by atoms with E-state index in [2.05, 4.69) is 21.2 Å². The number of hydrogen-bond donors (Lipinski definition) is 1. The molecular formula is C14H12BrClFN. The van der Waals surface area contributed by atoms with Crippen LogP contribution in [0.15, 0.2) is 40.9 Å². The Morgan fingerprint density at radius 3 is 2.72 bits per heavy atom. The molecule has 0 aliphatic carbocycles. The van der Waals surface area contributed by atoms with Gasteiger partial charge in [-0.15, -0.1) is 0 Å². The fraction of sp³-hybridized carbons (Fsp3) is 0.143. The zero-order valence-electron chi connectivity index (χ0n) is 9.81. The average molecular weight is 329 g/mol. The molecule has 1 nitrogen and oxygen atoms in total. The molecule has 2 aromatic carbocycles. The van der Waals surface area contributed by atoms with Crippen LogP contribution in [0.4, 0.5) is 10.1 Å². The van der Waals surface area contributed by atoms with Crippen LogP contribution in [0.1, 0.15) is 11.1 Å². The molecule has 0 aliphatic heterocycles.